The first-order valence-corrected chi connectivity index (χ1v) is 6.60. The van der Waals surface area contributed by atoms with Gasteiger partial charge in [-0.05, 0) is 30.5 Å². The number of carboxylic acid groups (broad SMARTS) is 1. The molecule has 0 atom stereocenters. The number of ketones is 1. The molecular formula is C14H11FO4S. The van der Waals surface area contributed by atoms with Crippen LogP contribution in [0.5, 0.6) is 5.75 Å². The molecule has 1 N–H and O–H groups in total. The van der Waals surface area contributed by atoms with E-state index in [1.165, 1.54) is 19.1 Å². The third kappa shape index (κ3) is 3.03. The van der Waals surface area contributed by atoms with Crippen LogP contribution in [0, 0.1) is 5.82 Å². The van der Waals surface area contributed by atoms with Crippen LogP contribution in [0.4, 0.5) is 4.39 Å². The first kappa shape index (κ1) is 14.2. The molecule has 0 aliphatic rings. The second-order valence-electron chi connectivity index (χ2n) is 4.07. The largest absolute Gasteiger partial charge is 0.489 e. The molecule has 0 bridgehead atoms. The van der Waals surface area contributed by atoms with Gasteiger partial charge in [0.2, 0.25) is 0 Å². The number of halogens is 1. The van der Waals surface area contributed by atoms with E-state index in [9.17, 15) is 14.0 Å². The molecule has 0 unspecified atom stereocenters. The van der Waals surface area contributed by atoms with Crippen LogP contribution in [-0.2, 0) is 6.61 Å². The zero-order valence-corrected chi connectivity index (χ0v) is 11.4. The average Bonchev–Trinajstić information content (AvgIpc) is 2.84. The number of carboxylic acids is 1. The lowest BCUT2D eigenvalue weighted by Crippen LogP contribution is -2.03. The van der Waals surface area contributed by atoms with Crippen molar-refractivity contribution >= 4 is 23.1 Å². The molecule has 0 radical (unpaired) electrons. The molecule has 0 spiro atoms. The van der Waals surface area contributed by atoms with Crippen LogP contribution in [0.3, 0.4) is 0 Å². The molecule has 4 nitrogen and oxygen atoms in total. The number of aromatic carboxylic acids is 1. The van der Waals surface area contributed by atoms with Gasteiger partial charge in [0, 0.05) is 11.6 Å². The van der Waals surface area contributed by atoms with E-state index in [1.54, 1.807) is 11.4 Å². The van der Waals surface area contributed by atoms with Crippen molar-refractivity contribution in [1.29, 1.82) is 0 Å². The van der Waals surface area contributed by atoms with E-state index < -0.39 is 11.8 Å². The van der Waals surface area contributed by atoms with Crippen molar-refractivity contribution in [3.63, 3.8) is 0 Å². The summed E-state index contributed by atoms with van der Waals surface area (Å²) in [5, 5.41) is 10.6. The SMILES string of the molecule is CC(=O)c1ccc(OCc2ccsc2C(=O)O)cc1F. The molecule has 0 fully saturated rings. The smallest absolute Gasteiger partial charge is 0.346 e. The van der Waals surface area contributed by atoms with Gasteiger partial charge < -0.3 is 9.84 Å². The predicted octanol–water partition coefficient (Wildman–Crippen LogP) is 3.37. The highest BCUT2D eigenvalue weighted by molar-refractivity contribution is 7.12. The summed E-state index contributed by atoms with van der Waals surface area (Å²) in [5.41, 5.74) is 0.526. The van der Waals surface area contributed by atoms with Gasteiger partial charge in [0.1, 0.15) is 23.1 Å². The molecule has 6 heteroatoms. The number of rotatable bonds is 5. The minimum atomic E-state index is -1.02. The number of ether oxygens (including phenoxy) is 1. The van der Waals surface area contributed by atoms with Gasteiger partial charge in [-0.3, -0.25) is 4.79 Å². The summed E-state index contributed by atoms with van der Waals surface area (Å²) in [4.78, 5) is 22.2. The minimum absolute atomic E-state index is 0.000826. The summed E-state index contributed by atoms with van der Waals surface area (Å²) in [7, 11) is 0. The monoisotopic (exact) mass is 294 g/mol. The summed E-state index contributed by atoms with van der Waals surface area (Å²) >= 11 is 1.10. The fraction of sp³-hybridized carbons (Fsp3) is 0.143. The number of hydrogen-bond acceptors (Lipinski definition) is 4. The Hall–Kier alpha value is -2.21. The number of carbonyl (C=O) groups excluding carboxylic acids is 1. The summed E-state index contributed by atoms with van der Waals surface area (Å²) < 4.78 is 18.9. The summed E-state index contributed by atoms with van der Waals surface area (Å²) in [6, 6.07) is 5.59. The quantitative estimate of drug-likeness (QED) is 0.859. The predicted molar refractivity (Wildman–Crippen MR) is 72.0 cm³/mol. The van der Waals surface area contributed by atoms with Gasteiger partial charge in [0.15, 0.2) is 5.78 Å². The third-order valence-corrected chi connectivity index (χ3v) is 3.60. The topological polar surface area (TPSA) is 63.6 Å². The highest BCUT2D eigenvalue weighted by Crippen LogP contribution is 2.21. The van der Waals surface area contributed by atoms with Crippen molar-refractivity contribution in [2.75, 3.05) is 0 Å². The Kier molecular flexibility index (Phi) is 4.14. The van der Waals surface area contributed by atoms with E-state index in [0.29, 0.717) is 5.56 Å². The molecule has 0 aliphatic heterocycles. The first-order valence-electron chi connectivity index (χ1n) is 5.72. The van der Waals surface area contributed by atoms with E-state index in [0.717, 1.165) is 17.4 Å². The lowest BCUT2D eigenvalue weighted by Gasteiger charge is -2.07. The standard InChI is InChI=1S/C14H11FO4S/c1-8(16)11-3-2-10(6-12(11)15)19-7-9-4-5-20-13(9)14(17)18/h2-6H,7H2,1H3,(H,17,18). The van der Waals surface area contributed by atoms with Gasteiger partial charge in [-0.1, -0.05) is 0 Å². The van der Waals surface area contributed by atoms with Crippen molar-refractivity contribution < 1.29 is 23.8 Å². The Labute approximate surface area is 118 Å². The minimum Gasteiger partial charge on any atom is -0.489 e. The zero-order valence-electron chi connectivity index (χ0n) is 10.6. The Morgan fingerprint density at radius 1 is 1.35 bits per heavy atom. The molecule has 0 saturated heterocycles. The number of Topliss-reactive ketones (excluding diaryl/α,β-unsaturated/α-hetero) is 1. The van der Waals surface area contributed by atoms with E-state index in [-0.39, 0.29) is 28.6 Å². The molecule has 2 aromatic rings. The maximum Gasteiger partial charge on any atom is 0.346 e. The van der Waals surface area contributed by atoms with Gasteiger partial charge in [0.05, 0.1) is 5.56 Å². The summed E-state index contributed by atoms with van der Waals surface area (Å²) in [6.07, 6.45) is 0. The first-order chi connectivity index (χ1) is 9.49. The van der Waals surface area contributed by atoms with E-state index in [2.05, 4.69) is 0 Å². The van der Waals surface area contributed by atoms with Gasteiger partial charge in [-0.25, -0.2) is 9.18 Å². The Morgan fingerprint density at radius 3 is 2.70 bits per heavy atom. The van der Waals surface area contributed by atoms with Gasteiger partial charge >= 0.3 is 5.97 Å². The molecule has 1 aromatic heterocycles. The summed E-state index contributed by atoms with van der Waals surface area (Å²) in [6.45, 7) is 1.31. The van der Waals surface area contributed by atoms with E-state index in [1.807, 2.05) is 0 Å². The molecule has 0 amide bonds. The number of benzene rings is 1. The van der Waals surface area contributed by atoms with Gasteiger partial charge in [-0.15, -0.1) is 11.3 Å². The fourth-order valence-corrected chi connectivity index (χ4v) is 2.42. The van der Waals surface area contributed by atoms with Crippen molar-refractivity contribution in [2.24, 2.45) is 0 Å². The molecule has 104 valence electrons. The number of thiophene rings is 1. The summed E-state index contributed by atoms with van der Waals surface area (Å²) in [5.74, 6) is -1.79. The molecular weight excluding hydrogens is 283 g/mol. The van der Waals surface area contributed by atoms with Crippen molar-refractivity contribution in [2.45, 2.75) is 13.5 Å². The van der Waals surface area contributed by atoms with Gasteiger partial charge in [-0.2, -0.15) is 0 Å². The normalized spacial score (nSPS) is 10.3. The Bertz CT molecular complexity index is 663. The zero-order chi connectivity index (χ0) is 14.7. The molecule has 20 heavy (non-hydrogen) atoms. The van der Waals surface area contributed by atoms with Crippen LogP contribution in [0.2, 0.25) is 0 Å². The Balaban J connectivity index is 2.11. The van der Waals surface area contributed by atoms with Crippen LogP contribution in [-0.4, -0.2) is 16.9 Å². The number of hydrogen-bond donors (Lipinski definition) is 1. The van der Waals surface area contributed by atoms with Crippen molar-refractivity contribution in [3.05, 3.63) is 51.5 Å². The molecule has 1 heterocycles. The van der Waals surface area contributed by atoms with Crippen LogP contribution >= 0.6 is 11.3 Å². The lowest BCUT2D eigenvalue weighted by atomic mass is 10.1. The van der Waals surface area contributed by atoms with Crippen LogP contribution in [0.1, 0.15) is 32.5 Å². The molecule has 0 saturated carbocycles. The maximum atomic E-state index is 13.6. The van der Waals surface area contributed by atoms with E-state index in [4.69, 9.17) is 9.84 Å². The number of carbonyl (C=O) groups is 2. The van der Waals surface area contributed by atoms with Gasteiger partial charge in [0.25, 0.3) is 0 Å². The van der Waals surface area contributed by atoms with E-state index >= 15 is 0 Å². The lowest BCUT2D eigenvalue weighted by molar-refractivity contribution is 0.0699. The third-order valence-electron chi connectivity index (χ3n) is 2.66. The average molecular weight is 294 g/mol. The molecule has 2 rings (SSSR count). The van der Waals surface area contributed by atoms with Crippen LogP contribution < -0.4 is 4.74 Å². The second-order valence-corrected chi connectivity index (χ2v) is 4.98. The second kappa shape index (κ2) is 5.83. The maximum absolute atomic E-state index is 13.6. The Morgan fingerprint density at radius 2 is 2.10 bits per heavy atom. The van der Waals surface area contributed by atoms with Crippen molar-refractivity contribution in [3.8, 4) is 5.75 Å². The highest BCUT2D eigenvalue weighted by atomic mass is 32.1. The van der Waals surface area contributed by atoms with Crippen LogP contribution in [0.15, 0.2) is 29.6 Å². The molecule has 0 aliphatic carbocycles. The van der Waals surface area contributed by atoms with Crippen molar-refractivity contribution in [1.82, 2.24) is 0 Å². The fourth-order valence-electron chi connectivity index (χ4n) is 1.67. The highest BCUT2D eigenvalue weighted by Gasteiger charge is 2.13. The van der Waals surface area contributed by atoms with Crippen LogP contribution in [0.25, 0.3) is 0 Å². The molecule has 1 aromatic carbocycles.